The molecule has 1 saturated heterocycles. The highest BCUT2D eigenvalue weighted by Gasteiger charge is 2.34. The first kappa shape index (κ1) is 24.2. The van der Waals surface area contributed by atoms with Crippen molar-refractivity contribution in [3.05, 3.63) is 99.7 Å². The van der Waals surface area contributed by atoms with Gasteiger partial charge >= 0.3 is 0 Å². The molecule has 178 valence electrons. The molecule has 3 aromatic rings. The van der Waals surface area contributed by atoms with Crippen LogP contribution in [0.5, 0.6) is 5.75 Å². The maximum Gasteiger partial charge on any atom is 0.293 e. The van der Waals surface area contributed by atoms with Gasteiger partial charge in [-0.2, -0.15) is 0 Å². The van der Waals surface area contributed by atoms with Crippen LogP contribution in [-0.2, 0) is 16.1 Å². The van der Waals surface area contributed by atoms with E-state index in [4.69, 9.17) is 4.74 Å². The number of halogens is 1. The number of nitrogens with one attached hydrogen (secondary N) is 1. The number of carbonyl (C=O) groups excluding carboxylic acids is 3. The lowest BCUT2D eigenvalue weighted by molar-refractivity contribution is -0.123. The van der Waals surface area contributed by atoms with Crippen LogP contribution < -0.4 is 10.1 Å². The van der Waals surface area contributed by atoms with E-state index in [9.17, 15) is 18.8 Å². The molecular weight excluding hydrogens is 467 g/mol. The Hall–Kier alpha value is -3.91. The second-order valence-corrected chi connectivity index (χ2v) is 9.04. The van der Waals surface area contributed by atoms with Crippen LogP contribution in [0.4, 0.5) is 14.9 Å². The highest BCUT2D eigenvalue weighted by Crippen LogP contribution is 2.33. The van der Waals surface area contributed by atoms with Crippen LogP contribution >= 0.6 is 11.8 Å². The maximum absolute atomic E-state index is 13.1. The summed E-state index contributed by atoms with van der Waals surface area (Å²) in [6, 6.07) is 18.3. The van der Waals surface area contributed by atoms with E-state index >= 15 is 0 Å². The van der Waals surface area contributed by atoms with Crippen molar-refractivity contribution in [2.45, 2.75) is 20.4 Å². The van der Waals surface area contributed by atoms with Crippen LogP contribution in [0, 0.1) is 19.7 Å². The fourth-order valence-electron chi connectivity index (χ4n) is 3.44. The van der Waals surface area contributed by atoms with Crippen molar-refractivity contribution in [2.75, 3.05) is 11.9 Å². The van der Waals surface area contributed by atoms with Crippen LogP contribution in [-0.4, -0.2) is 28.6 Å². The molecule has 1 aliphatic rings. The summed E-state index contributed by atoms with van der Waals surface area (Å²) < 4.78 is 18.7. The summed E-state index contributed by atoms with van der Waals surface area (Å²) in [5, 5.41) is 2.47. The van der Waals surface area contributed by atoms with E-state index in [1.165, 1.54) is 12.1 Å². The van der Waals surface area contributed by atoms with Crippen LogP contribution in [0.2, 0.25) is 0 Å². The Bertz CT molecular complexity index is 1300. The first-order valence-electron chi connectivity index (χ1n) is 10.9. The van der Waals surface area contributed by atoms with Gasteiger partial charge in [0.25, 0.3) is 17.1 Å². The molecule has 4 rings (SSSR count). The first-order valence-corrected chi connectivity index (χ1v) is 11.7. The number of carbonyl (C=O) groups is 3. The Morgan fingerprint density at radius 1 is 1.03 bits per heavy atom. The highest BCUT2D eigenvalue weighted by atomic mass is 32.2. The minimum Gasteiger partial charge on any atom is -0.484 e. The molecule has 8 heteroatoms. The quantitative estimate of drug-likeness (QED) is 0.430. The third-order valence-corrected chi connectivity index (χ3v) is 6.46. The van der Waals surface area contributed by atoms with E-state index in [0.717, 1.165) is 33.5 Å². The van der Waals surface area contributed by atoms with Gasteiger partial charge in [0, 0.05) is 5.69 Å². The second-order valence-electron chi connectivity index (χ2n) is 8.05. The highest BCUT2D eigenvalue weighted by molar-refractivity contribution is 8.18. The van der Waals surface area contributed by atoms with Crippen molar-refractivity contribution in [3.8, 4) is 5.75 Å². The van der Waals surface area contributed by atoms with Crippen LogP contribution in [0.15, 0.2) is 71.6 Å². The van der Waals surface area contributed by atoms with Gasteiger partial charge in [-0.25, -0.2) is 4.39 Å². The van der Waals surface area contributed by atoms with Crippen molar-refractivity contribution in [2.24, 2.45) is 0 Å². The van der Waals surface area contributed by atoms with Crippen molar-refractivity contribution in [1.82, 2.24) is 4.90 Å². The lowest BCUT2D eigenvalue weighted by Gasteiger charge is -2.12. The molecule has 3 amide bonds. The number of hydrogen-bond donors (Lipinski definition) is 1. The zero-order valence-electron chi connectivity index (χ0n) is 19.2. The molecule has 1 aliphatic heterocycles. The SMILES string of the molecule is Cc1cccc(NC(=O)COc2ccc(/C=C3\SC(=O)N(Cc4ccc(F)cc4)C3=O)cc2)c1C. The van der Waals surface area contributed by atoms with Gasteiger partial charge in [-0.05, 0) is 84.3 Å². The molecule has 1 fully saturated rings. The molecule has 0 aromatic heterocycles. The zero-order chi connectivity index (χ0) is 24.9. The summed E-state index contributed by atoms with van der Waals surface area (Å²) in [7, 11) is 0. The Morgan fingerprint density at radius 2 is 1.74 bits per heavy atom. The van der Waals surface area contributed by atoms with Gasteiger partial charge in [0.15, 0.2) is 6.61 Å². The molecule has 0 bridgehead atoms. The third-order valence-electron chi connectivity index (χ3n) is 5.55. The smallest absolute Gasteiger partial charge is 0.293 e. The van der Waals surface area contributed by atoms with E-state index in [2.05, 4.69) is 5.32 Å². The number of anilines is 1. The molecule has 6 nitrogen and oxygen atoms in total. The van der Waals surface area contributed by atoms with Gasteiger partial charge in [-0.15, -0.1) is 0 Å². The predicted molar refractivity (Wildman–Crippen MR) is 134 cm³/mol. The Morgan fingerprint density at radius 3 is 2.46 bits per heavy atom. The third kappa shape index (κ3) is 5.96. The summed E-state index contributed by atoms with van der Waals surface area (Å²) in [5.74, 6) is -0.537. The topological polar surface area (TPSA) is 75.7 Å². The van der Waals surface area contributed by atoms with Crippen molar-refractivity contribution < 1.29 is 23.5 Å². The summed E-state index contributed by atoms with van der Waals surface area (Å²) in [6.45, 7) is 3.87. The molecule has 0 unspecified atom stereocenters. The number of rotatable bonds is 7. The Balaban J connectivity index is 1.34. The Kier molecular flexibility index (Phi) is 7.31. The molecule has 0 aliphatic carbocycles. The first-order chi connectivity index (χ1) is 16.8. The van der Waals surface area contributed by atoms with E-state index in [-0.39, 0.29) is 30.1 Å². The number of aryl methyl sites for hydroxylation is 1. The fourth-order valence-corrected chi connectivity index (χ4v) is 4.28. The van der Waals surface area contributed by atoms with Crippen LogP contribution in [0.1, 0.15) is 22.3 Å². The van der Waals surface area contributed by atoms with E-state index < -0.39 is 5.91 Å². The monoisotopic (exact) mass is 490 g/mol. The van der Waals surface area contributed by atoms with E-state index in [1.807, 2.05) is 32.0 Å². The van der Waals surface area contributed by atoms with Crippen LogP contribution in [0.3, 0.4) is 0 Å². The molecule has 0 saturated carbocycles. The zero-order valence-corrected chi connectivity index (χ0v) is 20.0. The van der Waals surface area contributed by atoms with Gasteiger partial charge in [0.1, 0.15) is 11.6 Å². The van der Waals surface area contributed by atoms with Gasteiger partial charge in [-0.1, -0.05) is 36.4 Å². The maximum atomic E-state index is 13.1. The van der Waals surface area contributed by atoms with Gasteiger partial charge in [-0.3, -0.25) is 19.3 Å². The predicted octanol–water partition coefficient (Wildman–Crippen LogP) is 5.70. The van der Waals surface area contributed by atoms with Gasteiger partial charge in [0.2, 0.25) is 0 Å². The van der Waals surface area contributed by atoms with Crippen molar-refractivity contribution >= 4 is 40.6 Å². The molecule has 0 spiro atoms. The molecule has 1 heterocycles. The molecule has 3 aromatic carbocycles. The lowest BCUT2D eigenvalue weighted by Crippen LogP contribution is -2.27. The average Bonchev–Trinajstić information content (AvgIpc) is 3.10. The summed E-state index contributed by atoms with van der Waals surface area (Å²) in [6.07, 6.45) is 1.63. The number of hydrogen-bond acceptors (Lipinski definition) is 5. The lowest BCUT2D eigenvalue weighted by atomic mass is 10.1. The normalized spacial score (nSPS) is 14.5. The second kappa shape index (κ2) is 10.6. The number of ether oxygens (including phenoxy) is 1. The fraction of sp³-hybridized carbons (Fsp3) is 0.148. The summed E-state index contributed by atoms with van der Waals surface area (Å²) in [4.78, 5) is 38.7. The average molecular weight is 491 g/mol. The van der Waals surface area contributed by atoms with E-state index in [1.54, 1.807) is 42.5 Å². The van der Waals surface area contributed by atoms with Crippen molar-refractivity contribution in [3.63, 3.8) is 0 Å². The molecule has 35 heavy (non-hydrogen) atoms. The molecular formula is C27H23FN2O4S. The molecule has 0 atom stereocenters. The Labute approximate surface area is 206 Å². The van der Waals surface area contributed by atoms with E-state index in [0.29, 0.717) is 21.8 Å². The summed E-state index contributed by atoms with van der Waals surface area (Å²) in [5.41, 5.74) is 4.23. The molecule has 0 radical (unpaired) electrons. The number of benzene rings is 3. The number of imide groups is 1. The minimum absolute atomic E-state index is 0.0825. The number of amides is 3. The van der Waals surface area contributed by atoms with Gasteiger partial charge in [0.05, 0.1) is 11.4 Å². The standard InChI is InChI=1S/C27H23FN2O4S/c1-17-4-3-5-23(18(17)2)29-25(31)16-34-22-12-8-19(9-13-22)14-24-26(32)30(27(33)35-24)15-20-6-10-21(28)11-7-20/h3-14H,15-16H2,1-2H3,(H,29,31)/b24-14-. The number of thioether (sulfide) groups is 1. The number of nitrogens with zero attached hydrogens (tertiary/aromatic N) is 1. The van der Waals surface area contributed by atoms with Gasteiger partial charge < -0.3 is 10.1 Å². The largest absolute Gasteiger partial charge is 0.484 e. The minimum atomic E-state index is -0.396. The molecule has 1 N–H and O–H groups in total. The van der Waals surface area contributed by atoms with Crippen molar-refractivity contribution in [1.29, 1.82) is 0 Å². The van der Waals surface area contributed by atoms with Crippen LogP contribution in [0.25, 0.3) is 6.08 Å². The summed E-state index contributed by atoms with van der Waals surface area (Å²) >= 11 is 0.861.